The number of ketones is 1. The van der Waals surface area contributed by atoms with Gasteiger partial charge in [-0.1, -0.05) is 6.92 Å². The molecule has 0 aliphatic heterocycles. The molecule has 0 rings (SSSR count). The number of amides is 1. The van der Waals surface area contributed by atoms with Crippen LogP contribution in [0.15, 0.2) is 0 Å². The summed E-state index contributed by atoms with van der Waals surface area (Å²) in [6.45, 7) is 5.03. The van der Waals surface area contributed by atoms with Crippen molar-refractivity contribution >= 4 is 11.7 Å². The third-order valence-electron chi connectivity index (χ3n) is 1.71. The zero-order chi connectivity index (χ0) is 10.8. The lowest BCUT2D eigenvalue weighted by molar-refractivity contribution is -0.121. The number of hydrogen-bond donors (Lipinski definition) is 1. The molecule has 1 amide bonds. The largest absolute Gasteiger partial charge is 0.380 e. The van der Waals surface area contributed by atoms with Crippen LogP contribution in [0.5, 0.6) is 0 Å². The van der Waals surface area contributed by atoms with Crippen LogP contribution >= 0.6 is 0 Å². The van der Waals surface area contributed by atoms with Gasteiger partial charge >= 0.3 is 0 Å². The van der Waals surface area contributed by atoms with Crippen molar-refractivity contribution in [1.82, 2.24) is 5.32 Å². The van der Waals surface area contributed by atoms with E-state index in [0.717, 1.165) is 6.42 Å². The van der Waals surface area contributed by atoms with Gasteiger partial charge in [0.25, 0.3) is 0 Å². The standard InChI is InChI=1S/C10H19NO3/c1-3-10(13)11-6-8-14-7-4-5-9(2)12/h3-8H2,1-2H3,(H,11,13). The average Bonchev–Trinajstić information content (AvgIpc) is 2.15. The maximum absolute atomic E-state index is 10.8. The highest BCUT2D eigenvalue weighted by Gasteiger charge is 1.96. The lowest BCUT2D eigenvalue weighted by atomic mass is 10.2. The van der Waals surface area contributed by atoms with Gasteiger partial charge in [0, 0.05) is 26.0 Å². The molecule has 0 atom stereocenters. The molecule has 0 aromatic carbocycles. The Kier molecular flexibility index (Phi) is 8.13. The second-order valence-electron chi connectivity index (χ2n) is 3.12. The first-order valence-corrected chi connectivity index (χ1v) is 5.00. The first kappa shape index (κ1) is 13.1. The van der Waals surface area contributed by atoms with E-state index in [9.17, 15) is 9.59 Å². The predicted octanol–water partition coefficient (Wildman–Crippen LogP) is 0.898. The molecule has 82 valence electrons. The summed E-state index contributed by atoms with van der Waals surface area (Å²) in [6, 6.07) is 0. The number of Topliss-reactive ketones (excluding diaryl/α,β-unsaturated/α-hetero) is 1. The van der Waals surface area contributed by atoms with Gasteiger partial charge in [-0.05, 0) is 13.3 Å². The first-order valence-electron chi connectivity index (χ1n) is 5.00. The van der Waals surface area contributed by atoms with Crippen molar-refractivity contribution < 1.29 is 14.3 Å². The smallest absolute Gasteiger partial charge is 0.219 e. The van der Waals surface area contributed by atoms with E-state index in [1.54, 1.807) is 6.92 Å². The molecule has 0 bridgehead atoms. The fourth-order valence-corrected chi connectivity index (χ4v) is 0.913. The first-order chi connectivity index (χ1) is 6.66. The van der Waals surface area contributed by atoms with Crippen molar-refractivity contribution in [3.8, 4) is 0 Å². The molecule has 0 aliphatic carbocycles. The Balaban J connectivity index is 3.06. The molecule has 1 N–H and O–H groups in total. The normalized spacial score (nSPS) is 9.86. The van der Waals surface area contributed by atoms with Crippen molar-refractivity contribution in [2.24, 2.45) is 0 Å². The van der Waals surface area contributed by atoms with Crippen LogP contribution in [-0.4, -0.2) is 31.4 Å². The molecule has 0 aromatic rings. The number of nitrogens with one attached hydrogen (secondary N) is 1. The van der Waals surface area contributed by atoms with E-state index in [1.807, 2.05) is 6.92 Å². The summed E-state index contributed by atoms with van der Waals surface area (Å²) >= 11 is 0. The second kappa shape index (κ2) is 8.69. The quantitative estimate of drug-likeness (QED) is 0.593. The topological polar surface area (TPSA) is 55.4 Å². The number of carbonyl (C=O) groups is 2. The minimum Gasteiger partial charge on any atom is -0.380 e. The van der Waals surface area contributed by atoms with E-state index in [-0.39, 0.29) is 11.7 Å². The Labute approximate surface area is 85.0 Å². The van der Waals surface area contributed by atoms with Gasteiger partial charge in [0.05, 0.1) is 6.61 Å². The van der Waals surface area contributed by atoms with Crippen LogP contribution < -0.4 is 5.32 Å². The summed E-state index contributed by atoms with van der Waals surface area (Å²) in [5.74, 6) is 0.227. The Morgan fingerprint density at radius 1 is 1.29 bits per heavy atom. The van der Waals surface area contributed by atoms with Crippen LogP contribution in [0.1, 0.15) is 33.1 Å². The number of ether oxygens (including phenoxy) is 1. The van der Waals surface area contributed by atoms with Gasteiger partial charge in [0.1, 0.15) is 5.78 Å². The Bertz CT molecular complexity index is 180. The number of hydrogen-bond acceptors (Lipinski definition) is 3. The molecule has 0 saturated heterocycles. The predicted molar refractivity (Wildman–Crippen MR) is 54.0 cm³/mol. The summed E-state index contributed by atoms with van der Waals surface area (Å²) in [6.07, 6.45) is 1.84. The van der Waals surface area contributed by atoms with Crippen LogP contribution in [-0.2, 0) is 14.3 Å². The maximum atomic E-state index is 10.8. The molecule has 4 heteroatoms. The minimum absolute atomic E-state index is 0.0392. The number of rotatable bonds is 8. The van der Waals surface area contributed by atoms with Gasteiger partial charge in [-0.25, -0.2) is 0 Å². The average molecular weight is 201 g/mol. The third-order valence-corrected chi connectivity index (χ3v) is 1.71. The van der Waals surface area contributed by atoms with Gasteiger partial charge < -0.3 is 14.8 Å². The molecule has 14 heavy (non-hydrogen) atoms. The minimum atomic E-state index is 0.0392. The van der Waals surface area contributed by atoms with Gasteiger partial charge in [-0.3, -0.25) is 4.79 Å². The molecule has 4 nitrogen and oxygen atoms in total. The Morgan fingerprint density at radius 3 is 2.57 bits per heavy atom. The van der Waals surface area contributed by atoms with Crippen LogP contribution in [0.4, 0.5) is 0 Å². The van der Waals surface area contributed by atoms with Crippen LogP contribution in [0.3, 0.4) is 0 Å². The third kappa shape index (κ3) is 9.19. The van der Waals surface area contributed by atoms with Gasteiger partial charge in [-0.15, -0.1) is 0 Å². The molecule has 0 saturated carbocycles. The van der Waals surface area contributed by atoms with Crippen molar-refractivity contribution in [3.05, 3.63) is 0 Å². The highest BCUT2D eigenvalue weighted by atomic mass is 16.5. The van der Waals surface area contributed by atoms with Gasteiger partial charge in [0.2, 0.25) is 5.91 Å². The SMILES string of the molecule is CCC(=O)NCCOCCCC(C)=O. The molecule has 0 fully saturated rings. The zero-order valence-corrected chi connectivity index (χ0v) is 8.97. The zero-order valence-electron chi connectivity index (χ0n) is 8.97. The molecule has 0 spiro atoms. The van der Waals surface area contributed by atoms with E-state index in [1.165, 1.54) is 0 Å². The summed E-state index contributed by atoms with van der Waals surface area (Å²) in [7, 11) is 0. The summed E-state index contributed by atoms with van der Waals surface area (Å²) in [4.78, 5) is 21.3. The molecular formula is C10H19NO3. The van der Waals surface area contributed by atoms with Crippen molar-refractivity contribution in [2.45, 2.75) is 33.1 Å². The highest BCUT2D eigenvalue weighted by molar-refractivity contribution is 5.75. The van der Waals surface area contributed by atoms with Crippen molar-refractivity contribution in [3.63, 3.8) is 0 Å². The molecule has 0 heterocycles. The Hall–Kier alpha value is -0.900. The maximum Gasteiger partial charge on any atom is 0.219 e. The lowest BCUT2D eigenvalue weighted by Gasteiger charge is -2.04. The van der Waals surface area contributed by atoms with Crippen LogP contribution in [0, 0.1) is 0 Å². The second-order valence-corrected chi connectivity index (χ2v) is 3.12. The van der Waals surface area contributed by atoms with E-state index in [2.05, 4.69) is 5.32 Å². The number of carbonyl (C=O) groups excluding carboxylic acids is 2. The van der Waals surface area contributed by atoms with E-state index >= 15 is 0 Å². The van der Waals surface area contributed by atoms with E-state index in [0.29, 0.717) is 32.6 Å². The van der Waals surface area contributed by atoms with E-state index < -0.39 is 0 Å². The lowest BCUT2D eigenvalue weighted by Crippen LogP contribution is -2.26. The Morgan fingerprint density at radius 2 is 2.00 bits per heavy atom. The van der Waals surface area contributed by atoms with Gasteiger partial charge in [-0.2, -0.15) is 0 Å². The molecule has 0 radical (unpaired) electrons. The molecule has 0 aliphatic rings. The fraction of sp³-hybridized carbons (Fsp3) is 0.800. The summed E-state index contributed by atoms with van der Waals surface area (Å²) in [5.41, 5.74) is 0. The summed E-state index contributed by atoms with van der Waals surface area (Å²) < 4.78 is 5.21. The summed E-state index contributed by atoms with van der Waals surface area (Å²) in [5, 5.41) is 2.70. The highest BCUT2D eigenvalue weighted by Crippen LogP contribution is 1.90. The van der Waals surface area contributed by atoms with Crippen molar-refractivity contribution in [1.29, 1.82) is 0 Å². The van der Waals surface area contributed by atoms with E-state index in [4.69, 9.17) is 4.74 Å². The molecular weight excluding hydrogens is 182 g/mol. The molecule has 0 aromatic heterocycles. The molecule has 0 unspecified atom stereocenters. The van der Waals surface area contributed by atoms with Gasteiger partial charge in [0.15, 0.2) is 0 Å². The van der Waals surface area contributed by atoms with Crippen molar-refractivity contribution in [2.75, 3.05) is 19.8 Å². The van der Waals surface area contributed by atoms with Crippen LogP contribution in [0.25, 0.3) is 0 Å². The van der Waals surface area contributed by atoms with Crippen LogP contribution in [0.2, 0.25) is 0 Å². The monoisotopic (exact) mass is 201 g/mol. The fourth-order valence-electron chi connectivity index (χ4n) is 0.913.